The van der Waals surface area contributed by atoms with E-state index in [2.05, 4.69) is 22.9 Å². The van der Waals surface area contributed by atoms with Crippen molar-refractivity contribution in [2.75, 3.05) is 25.5 Å². The number of ether oxygens (including phenoxy) is 3. The summed E-state index contributed by atoms with van der Waals surface area (Å²) < 4.78 is 62.3. The van der Waals surface area contributed by atoms with E-state index in [1.807, 2.05) is 19.2 Å². The standard InChI is InChI=1S/C47H60ClF2N6O8PS/c1-5-6-7-8-9-10-14-29-23-47(29,65(60,61)26-33-34(49)17-13-18-35(33)50)55-44(58)38-21-31(25-56(38)41(57)24-51-46(59)64-30-15-11-12-16-30)63-40-22-36(37-27-66-45(54-37)52-28(2)3)53-43-32(40)19-20-39(62-4)42(43)48/h13,17-20,22,27-31,38H,5-12,14-16,21,23-26H2,1-4H3,(H,51,59)(H,52,54)(H,55,58)(H,60,61)/t29-,31-,38+,47+/m1/s1. The van der Waals surface area contributed by atoms with Gasteiger partial charge in [0.25, 0.3) is 0 Å². The molecule has 2 saturated carbocycles. The van der Waals surface area contributed by atoms with Gasteiger partial charge in [0.15, 0.2) is 5.13 Å². The summed E-state index contributed by atoms with van der Waals surface area (Å²) in [5.41, 5.74) is 0.842. The average Bonchev–Trinajstić information content (AvgIpc) is 3.70. The third-order valence-corrected chi connectivity index (χ3v) is 16.6. The summed E-state index contributed by atoms with van der Waals surface area (Å²) in [7, 11) is -3.08. The number of likely N-dealkylation sites (tertiary alicyclic amines) is 1. The molecular weight excluding hydrogens is 913 g/mol. The van der Waals surface area contributed by atoms with Gasteiger partial charge in [0, 0.05) is 34.9 Å². The molecule has 66 heavy (non-hydrogen) atoms. The number of anilines is 1. The Morgan fingerprint density at radius 1 is 1.02 bits per heavy atom. The van der Waals surface area contributed by atoms with Gasteiger partial charge < -0.3 is 40.0 Å². The molecule has 2 aromatic carbocycles. The molecule has 1 aliphatic heterocycles. The van der Waals surface area contributed by atoms with Gasteiger partial charge >= 0.3 is 6.09 Å². The number of amides is 3. The highest BCUT2D eigenvalue weighted by Crippen LogP contribution is 2.71. The van der Waals surface area contributed by atoms with Gasteiger partial charge in [-0.2, -0.15) is 0 Å². The number of halogens is 3. The van der Waals surface area contributed by atoms with Crippen LogP contribution in [0.4, 0.5) is 18.7 Å². The van der Waals surface area contributed by atoms with Crippen molar-refractivity contribution in [3.05, 3.63) is 64.0 Å². The minimum atomic E-state index is -4.57. The van der Waals surface area contributed by atoms with Gasteiger partial charge in [-0.25, -0.2) is 23.5 Å². The summed E-state index contributed by atoms with van der Waals surface area (Å²) in [5.74, 6) is -2.98. The molecule has 0 bridgehead atoms. The van der Waals surface area contributed by atoms with Crippen molar-refractivity contribution < 1.29 is 46.8 Å². The van der Waals surface area contributed by atoms with Crippen molar-refractivity contribution in [3.63, 3.8) is 0 Å². The number of alkyl carbamates (subject to hydrolysis) is 1. The van der Waals surface area contributed by atoms with E-state index in [0.29, 0.717) is 45.3 Å². The van der Waals surface area contributed by atoms with Gasteiger partial charge in [-0.1, -0.05) is 63.1 Å². The molecule has 14 nitrogen and oxygen atoms in total. The summed E-state index contributed by atoms with van der Waals surface area (Å²) >= 11 is 8.25. The Morgan fingerprint density at radius 2 is 1.74 bits per heavy atom. The molecule has 4 aromatic rings. The molecule has 1 unspecified atom stereocenters. The Kier molecular flexibility index (Phi) is 16.1. The minimum Gasteiger partial charge on any atom is -0.495 e. The summed E-state index contributed by atoms with van der Waals surface area (Å²) in [6.45, 7) is 5.53. The number of hydrogen-bond donors (Lipinski definition) is 4. The normalized spacial score (nSPS) is 21.5. The fraction of sp³-hybridized carbons (Fsp3) is 0.553. The van der Waals surface area contributed by atoms with Crippen LogP contribution < -0.4 is 25.4 Å². The summed E-state index contributed by atoms with van der Waals surface area (Å²) in [5, 5.41) is 10.3. The van der Waals surface area contributed by atoms with Gasteiger partial charge in [-0.15, -0.1) is 11.3 Å². The summed E-state index contributed by atoms with van der Waals surface area (Å²) in [6.07, 6.45) is 7.15. The molecular formula is C47H60ClF2N6O8PS. The van der Waals surface area contributed by atoms with Gasteiger partial charge in [-0.05, 0) is 82.6 Å². The van der Waals surface area contributed by atoms with Crippen LogP contribution in [0.25, 0.3) is 22.3 Å². The average molecular weight is 974 g/mol. The number of hydrogen-bond acceptors (Lipinski definition) is 11. The van der Waals surface area contributed by atoms with E-state index >= 15 is 0 Å². The second-order valence-corrected chi connectivity index (χ2v) is 21.7. The number of thiazole rings is 1. The molecule has 3 aliphatic rings. The number of aromatic nitrogens is 2. The van der Waals surface area contributed by atoms with Crippen LogP contribution in [0.15, 0.2) is 41.8 Å². The molecule has 2 aliphatic carbocycles. The van der Waals surface area contributed by atoms with E-state index < -0.39 is 78.5 Å². The fourth-order valence-electron chi connectivity index (χ4n) is 9.17. The first-order valence-electron chi connectivity index (χ1n) is 23.0. The Bertz CT molecular complexity index is 2420. The van der Waals surface area contributed by atoms with Crippen LogP contribution in [0.5, 0.6) is 11.5 Å². The zero-order valence-electron chi connectivity index (χ0n) is 37.9. The van der Waals surface area contributed by atoms with Crippen molar-refractivity contribution in [1.82, 2.24) is 25.5 Å². The Morgan fingerprint density at radius 3 is 2.45 bits per heavy atom. The maximum atomic E-state index is 15.0. The van der Waals surface area contributed by atoms with Gasteiger partial charge in [0.2, 0.25) is 19.2 Å². The molecule has 3 heterocycles. The van der Waals surface area contributed by atoms with Crippen molar-refractivity contribution in [3.8, 4) is 22.9 Å². The Hall–Kier alpha value is -4.57. The molecule has 19 heteroatoms. The lowest BCUT2D eigenvalue weighted by atomic mass is 10.1. The number of methoxy groups -OCH3 is 1. The molecule has 7 rings (SSSR count). The number of unbranched alkanes of at least 4 members (excludes halogenated alkanes) is 5. The number of fused-ring (bicyclic) bond motifs is 1. The van der Waals surface area contributed by atoms with Crippen molar-refractivity contribution in [1.29, 1.82) is 0 Å². The molecule has 3 fully saturated rings. The first-order valence-corrected chi connectivity index (χ1v) is 26.1. The molecule has 1 saturated heterocycles. The van der Waals surface area contributed by atoms with E-state index in [1.165, 1.54) is 29.4 Å². The molecule has 0 radical (unpaired) electrons. The maximum Gasteiger partial charge on any atom is 0.407 e. The molecule has 4 N–H and O–H groups in total. The van der Waals surface area contributed by atoms with Crippen molar-refractivity contribution in [2.24, 2.45) is 5.92 Å². The second kappa shape index (κ2) is 21.6. The number of rotatable bonds is 21. The SMILES string of the molecule is CCCCCCCC[C@@H]1C[C@]1(NC(=O)[C@@H]1C[C@@H](Oc2cc(-c3csc(NC(C)C)n3)nc3c(Cl)c(OC)ccc23)CN1C(=O)CNC(=O)OC1CCCC1)P(=O)(O)Cc1c(F)cccc1F. The summed E-state index contributed by atoms with van der Waals surface area (Å²) in [6, 6.07) is 7.30. The Balaban J connectivity index is 1.18. The van der Waals surface area contributed by atoms with Crippen LogP contribution >= 0.6 is 30.3 Å². The lowest BCUT2D eigenvalue weighted by Gasteiger charge is -2.30. The predicted octanol–water partition coefficient (Wildman–Crippen LogP) is 10.2. The van der Waals surface area contributed by atoms with E-state index in [4.69, 9.17) is 35.8 Å². The maximum absolute atomic E-state index is 15.0. The van der Waals surface area contributed by atoms with Crippen molar-refractivity contribution >= 4 is 64.2 Å². The number of pyridine rings is 1. The Labute approximate surface area is 393 Å². The highest BCUT2D eigenvalue weighted by Gasteiger charge is 2.66. The van der Waals surface area contributed by atoms with E-state index in [-0.39, 0.29) is 36.6 Å². The van der Waals surface area contributed by atoms with Crippen LogP contribution in [0.2, 0.25) is 5.02 Å². The smallest absolute Gasteiger partial charge is 0.407 e. The quantitative estimate of drug-likeness (QED) is 0.0461. The van der Waals surface area contributed by atoms with Crippen molar-refractivity contribution in [2.45, 2.75) is 140 Å². The van der Waals surface area contributed by atoms with Gasteiger partial charge in [0.1, 0.15) is 63.9 Å². The highest BCUT2D eigenvalue weighted by atomic mass is 35.5. The van der Waals surface area contributed by atoms with Gasteiger partial charge in [0.05, 0.1) is 31.0 Å². The zero-order chi connectivity index (χ0) is 47.2. The molecule has 3 amide bonds. The zero-order valence-corrected chi connectivity index (χ0v) is 40.3. The van der Waals surface area contributed by atoms with Gasteiger partial charge in [-0.3, -0.25) is 14.2 Å². The number of nitrogens with one attached hydrogen (secondary N) is 3. The largest absolute Gasteiger partial charge is 0.495 e. The summed E-state index contributed by atoms with van der Waals surface area (Å²) in [4.78, 5) is 64.4. The second-order valence-electron chi connectivity index (χ2n) is 18.0. The lowest BCUT2D eigenvalue weighted by molar-refractivity contribution is -0.138. The monoisotopic (exact) mass is 972 g/mol. The number of nitrogens with zero attached hydrogens (tertiary/aromatic N) is 3. The molecule has 2 aromatic heterocycles. The highest BCUT2D eigenvalue weighted by molar-refractivity contribution is 7.59. The number of benzene rings is 2. The van der Waals surface area contributed by atoms with Crippen LogP contribution in [0.3, 0.4) is 0 Å². The topological polar surface area (TPSA) is 181 Å². The van der Waals surface area contributed by atoms with E-state index in [9.17, 15) is 32.6 Å². The van der Waals surface area contributed by atoms with Crippen LogP contribution in [0.1, 0.15) is 110 Å². The predicted molar refractivity (Wildman–Crippen MR) is 251 cm³/mol. The molecule has 5 atom stereocenters. The van der Waals surface area contributed by atoms with Crippen LogP contribution in [-0.2, 0) is 25.1 Å². The first-order chi connectivity index (χ1) is 31.6. The van der Waals surface area contributed by atoms with E-state index in [1.54, 1.807) is 18.2 Å². The molecule has 0 spiro atoms. The van der Waals surface area contributed by atoms with Crippen LogP contribution in [0, 0.1) is 17.6 Å². The third-order valence-electron chi connectivity index (χ3n) is 12.8. The minimum absolute atomic E-state index is 0.0534. The first kappa shape index (κ1) is 49.3. The number of carbonyl (C=O) groups excluding carboxylic acids is 3. The number of carbonyl (C=O) groups is 3. The third kappa shape index (κ3) is 11.4. The fourth-order valence-corrected chi connectivity index (χ4v) is 12.8. The lowest BCUT2D eigenvalue weighted by Crippen LogP contribution is -2.52. The van der Waals surface area contributed by atoms with Crippen LogP contribution in [-0.4, -0.2) is 87.4 Å². The van der Waals surface area contributed by atoms with E-state index in [0.717, 1.165) is 76.3 Å². The molecule has 358 valence electrons.